The Labute approximate surface area is 145 Å². The minimum atomic E-state index is -0.873. The number of primary amides is 1. The van der Waals surface area contributed by atoms with Crippen molar-refractivity contribution in [3.8, 4) is 11.5 Å². The molecule has 25 heavy (non-hydrogen) atoms. The molecule has 2 aromatic carbocycles. The predicted octanol–water partition coefficient (Wildman–Crippen LogP) is 1.78. The van der Waals surface area contributed by atoms with Gasteiger partial charge in [-0.15, -0.1) is 0 Å². The molecule has 0 aliphatic carbocycles. The Kier molecular flexibility index (Phi) is 4.85. The molecule has 3 rings (SSSR count). The number of nitrogens with zero attached hydrogens (tertiary/aromatic N) is 1. The van der Waals surface area contributed by atoms with Gasteiger partial charge in [-0.25, -0.2) is 4.79 Å². The van der Waals surface area contributed by atoms with E-state index >= 15 is 0 Å². The average Bonchev–Trinajstić information content (AvgIpc) is 3.03. The van der Waals surface area contributed by atoms with Crippen molar-refractivity contribution in [2.24, 2.45) is 5.73 Å². The average molecular weight is 341 g/mol. The van der Waals surface area contributed by atoms with Gasteiger partial charge in [0.05, 0.1) is 0 Å². The molecule has 130 valence electrons. The first-order valence-corrected chi connectivity index (χ1v) is 7.78. The first-order chi connectivity index (χ1) is 12.0. The highest BCUT2D eigenvalue weighted by Gasteiger charge is 2.26. The van der Waals surface area contributed by atoms with Crippen LogP contribution in [0.25, 0.3) is 0 Å². The molecule has 0 unspecified atom stereocenters. The van der Waals surface area contributed by atoms with Gasteiger partial charge in [-0.1, -0.05) is 36.4 Å². The summed E-state index contributed by atoms with van der Waals surface area (Å²) in [7, 11) is 1.81. The number of amides is 3. The van der Waals surface area contributed by atoms with Gasteiger partial charge >= 0.3 is 6.03 Å². The van der Waals surface area contributed by atoms with E-state index < -0.39 is 18.0 Å². The normalized spacial score (nSPS) is 13.5. The SMILES string of the molecule is CN(Cc1ccc2c(c1)OCO2)[C@H](C(=O)NC(N)=O)c1ccccc1. The molecule has 2 aromatic rings. The molecule has 7 heteroatoms. The van der Waals surface area contributed by atoms with Gasteiger partial charge in [0.2, 0.25) is 12.7 Å². The first-order valence-electron chi connectivity index (χ1n) is 7.78. The van der Waals surface area contributed by atoms with Crippen LogP contribution >= 0.6 is 0 Å². The molecule has 3 amide bonds. The maximum atomic E-state index is 12.5. The summed E-state index contributed by atoms with van der Waals surface area (Å²) < 4.78 is 10.7. The van der Waals surface area contributed by atoms with Gasteiger partial charge in [-0.3, -0.25) is 15.0 Å². The van der Waals surface area contributed by atoms with Gasteiger partial charge < -0.3 is 15.2 Å². The van der Waals surface area contributed by atoms with Gasteiger partial charge in [0.1, 0.15) is 6.04 Å². The monoisotopic (exact) mass is 341 g/mol. The molecule has 0 fully saturated rings. The number of nitrogens with one attached hydrogen (secondary N) is 1. The Bertz CT molecular complexity index is 779. The van der Waals surface area contributed by atoms with Crippen LogP contribution in [0.1, 0.15) is 17.2 Å². The first kappa shape index (κ1) is 16.8. The minimum absolute atomic E-state index is 0.211. The maximum absolute atomic E-state index is 12.5. The molecule has 1 aliphatic rings. The number of imide groups is 1. The number of carbonyl (C=O) groups is 2. The van der Waals surface area contributed by atoms with Crippen molar-refractivity contribution in [3.63, 3.8) is 0 Å². The second-order valence-corrected chi connectivity index (χ2v) is 5.77. The van der Waals surface area contributed by atoms with Gasteiger partial charge in [-0.2, -0.15) is 0 Å². The summed E-state index contributed by atoms with van der Waals surface area (Å²) in [5.41, 5.74) is 6.83. The largest absolute Gasteiger partial charge is 0.454 e. The third kappa shape index (κ3) is 3.89. The van der Waals surface area contributed by atoms with Crippen LogP contribution < -0.4 is 20.5 Å². The van der Waals surface area contributed by atoms with E-state index in [0.29, 0.717) is 18.0 Å². The Morgan fingerprint density at radius 1 is 1.16 bits per heavy atom. The molecular weight excluding hydrogens is 322 g/mol. The van der Waals surface area contributed by atoms with Crippen LogP contribution in [0.3, 0.4) is 0 Å². The van der Waals surface area contributed by atoms with Crippen molar-refractivity contribution in [3.05, 3.63) is 59.7 Å². The van der Waals surface area contributed by atoms with Crippen LogP contribution in [0.5, 0.6) is 11.5 Å². The van der Waals surface area contributed by atoms with Crippen molar-refractivity contribution in [1.29, 1.82) is 0 Å². The summed E-state index contributed by atoms with van der Waals surface area (Å²) in [4.78, 5) is 25.4. The molecule has 0 bridgehead atoms. The second-order valence-electron chi connectivity index (χ2n) is 5.77. The van der Waals surface area contributed by atoms with Crippen molar-refractivity contribution in [2.45, 2.75) is 12.6 Å². The Morgan fingerprint density at radius 2 is 1.88 bits per heavy atom. The van der Waals surface area contributed by atoms with Gasteiger partial charge in [0, 0.05) is 6.54 Å². The highest BCUT2D eigenvalue weighted by atomic mass is 16.7. The number of fused-ring (bicyclic) bond motifs is 1. The lowest BCUT2D eigenvalue weighted by atomic mass is 10.0. The quantitative estimate of drug-likeness (QED) is 0.865. The zero-order valence-electron chi connectivity index (χ0n) is 13.8. The van der Waals surface area contributed by atoms with Crippen LogP contribution in [0.15, 0.2) is 48.5 Å². The van der Waals surface area contributed by atoms with E-state index in [0.717, 1.165) is 11.1 Å². The molecule has 0 saturated heterocycles. The van der Waals surface area contributed by atoms with Crippen LogP contribution in [0, 0.1) is 0 Å². The van der Waals surface area contributed by atoms with E-state index in [1.165, 1.54) is 0 Å². The molecule has 1 aliphatic heterocycles. The minimum Gasteiger partial charge on any atom is -0.454 e. The molecular formula is C18H19N3O4. The van der Waals surface area contributed by atoms with Crippen molar-refractivity contribution >= 4 is 11.9 Å². The Balaban J connectivity index is 1.82. The standard InChI is InChI=1S/C18H19N3O4/c1-21(10-12-7-8-14-15(9-12)25-11-24-14)16(17(22)20-18(19)23)13-5-3-2-4-6-13/h2-9,16H,10-11H2,1H3,(H3,19,20,22,23)/t16-/m0/s1. The van der Waals surface area contributed by atoms with Gasteiger partial charge in [0.15, 0.2) is 11.5 Å². The molecule has 1 heterocycles. The number of urea groups is 1. The fourth-order valence-electron chi connectivity index (χ4n) is 2.85. The van der Waals surface area contributed by atoms with Crippen LogP contribution in [-0.2, 0) is 11.3 Å². The highest BCUT2D eigenvalue weighted by molar-refractivity contribution is 5.96. The summed E-state index contributed by atoms with van der Waals surface area (Å²) in [6.07, 6.45) is 0. The predicted molar refractivity (Wildman–Crippen MR) is 90.9 cm³/mol. The number of hydrogen-bond acceptors (Lipinski definition) is 5. The van der Waals surface area contributed by atoms with Crippen molar-refractivity contribution in [2.75, 3.05) is 13.8 Å². The molecule has 0 aromatic heterocycles. The lowest BCUT2D eigenvalue weighted by Crippen LogP contribution is -2.43. The summed E-state index contributed by atoms with van der Waals surface area (Å²) in [5, 5.41) is 2.16. The molecule has 0 spiro atoms. The lowest BCUT2D eigenvalue weighted by Gasteiger charge is -2.27. The third-order valence-electron chi connectivity index (χ3n) is 3.92. The van der Waals surface area contributed by atoms with Gasteiger partial charge in [0.25, 0.3) is 0 Å². The summed E-state index contributed by atoms with van der Waals surface area (Å²) >= 11 is 0. The van der Waals surface area contributed by atoms with E-state index in [1.807, 2.05) is 60.5 Å². The number of rotatable bonds is 5. The van der Waals surface area contributed by atoms with E-state index in [-0.39, 0.29) is 6.79 Å². The zero-order chi connectivity index (χ0) is 17.8. The molecule has 0 radical (unpaired) electrons. The smallest absolute Gasteiger partial charge is 0.318 e. The summed E-state index contributed by atoms with van der Waals surface area (Å²) in [6, 6.07) is 13.3. The fourth-order valence-corrected chi connectivity index (χ4v) is 2.85. The van der Waals surface area contributed by atoms with E-state index in [9.17, 15) is 9.59 Å². The van der Waals surface area contributed by atoms with E-state index in [1.54, 1.807) is 0 Å². The van der Waals surface area contributed by atoms with E-state index in [2.05, 4.69) is 5.32 Å². The van der Waals surface area contributed by atoms with Gasteiger partial charge in [-0.05, 0) is 30.3 Å². The highest BCUT2D eigenvalue weighted by Crippen LogP contribution is 2.33. The number of likely N-dealkylation sites (N-methyl/N-ethyl adjacent to an activating group) is 1. The number of benzene rings is 2. The van der Waals surface area contributed by atoms with Crippen molar-refractivity contribution < 1.29 is 19.1 Å². The topological polar surface area (TPSA) is 93.9 Å². The Hall–Kier alpha value is -3.06. The maximum Gasteiger partial charge on any atom is 0.318 e. The number of carbonyl (C=O) groups excluding carboxylic acids is 2. The van der Waals surface area contributed by atoms with Crippen molar-refractivity contribution in [1.82, 2.24) is 10.2 Å². The molecule has 0 saturated carbocycles. The molecule has 3 N–H and O–H groups in total. The fraction of sp³-hybridized carbons (Fsp3) is 0.222. The number of ether oxygens (including phenoxy) is 2. The Morgan fingerprint density at radius 3 is 2.60 bits per heavy atom. The zero-order valence-corrected chi connectivity index (χ0v) is 13.8. The van der Waals surface area contributed by atoms with Crippen LogP contribution in [-0.4, -0.2) is 30.7 Å². The van der Waals surface area contributed by atoms with E-state index in [4.69, 9.17) is 15.2 Å². The van der Waals surface area contributed by atoms with Crippen LogP contribution in [0.2, 0.25) is 0 Å². The summed E-state index contributed by atoms with van der Waals surface area (Å²) in [6.45, 7) is 0.685. The third-order valence-corrected chi connectivity index (χ3v) is 3.92. The van der Waals surface area contributed by atoms with Crippen LogP contribution in [0.4, 0.5) is 4.79 Å². The molecule has 1 atom stereocenters. The number of hydrogen-bond donors (Lipinski definition) is 2. The number of nitrogens with two attached hydrogens (primary N) is 1. The lowest BCUT2D eigenvalue weighted by molar-refractivity contribution is -0.125. The second kappa shape index (κ2) is 7.23. The molecule has 7 nitrogen and oxygen atoms in total. The summed E-state index contributed by atoms with van der Waals surface area (Å²) in [5.74, 6) is 0.920.